The van der Waals surface area contributed by atoms with Gasteiger partial charge < -0.3 is 30.5 Å². The fourth-order valence-electron chi connectivity index (χ4n) is 5.39. The molecule has 0 saturated carbocycles. The number of nitrogens with one attached hydrogen (secondary N) is 1. The first-order chi connectivity index (χ1) is 21.8. The lowest BCUT2D eigenvalue weighted by Crippen LogP contribution is -2.39. The molecule has 0 aromatic carbocycles. The van der Waals surface area contributed by atoms with E-state index in [1.165, 1.54) is 0 Å². The Morgan fingerprint density at radius 1 is 0.870 bits per heavy atom. The maximum Gasteiger partial charge on any atom is 0.306 e. The van der Waals surface area contributed by atoms with Gasteiger partial charge in [-0.15, -0.1) is 0 Å². The molecular formula is C36H64BrNO8. The van der Waals surface area contributed by atoms with Gasteiger partial charge >= 0.3 is 5.97 Å². The second kappa shape index (κ2) is 27.4. The molecule has 46 heavy (non-hydrogen) atoms. The van der Waals surface area contributed by atoms with Crippen molar-refractivity contribution in [3.63, 3.8) is 0 Å². The van der Waals surface area contributed by atoms with E-state index in [9.17, 15) is 29.7 Å². The Morgan fingerprint density at radius 2 is 1.57 bits per heavy atom. The van der Waals surface area contributed by atoms with Gasteiger partial charge in [-0.05, 0) is 68.8 Å². The van der Waals surface area contributed by atoms with E-state index in [0.29, 0.717) is 62.8 Å². The number of aliphatic carboxylic acids is 1. The van der Waals surface area contributed by atoms with Crippen LogP contribution in [0.3, 0.4) is 0 Å². The third-order valence-corrected chi connectivity index (χ3v) is 9.38. The summed E-state index contributed by atoms with van der Waals surface area (Å²) in [5.74, 6) is -0.274. The van der Waals surface area contributed by atoms with Gasteiger partial charge in [0, 0.05) is 32.9 Å². The molecule has 0 aromatic heterocycles. The van der Waals surface area contributed by atoms with E-state index in [1.807, 2.05) is 12.2 Å². The number of ketones is 1. The number of aliphatic hydroxyl groups excluding tert-OH is 3. The summed E-state index contributed by atoms with van der Waals surface area (Å²) in [4.78, 5) is 35.2. The van der Waals surface area contributed by atoms with Crippen molar-refractivity contribution >= 4 is 33.6 Å². The van der Waals surface area contributed by atoms with Gasteiger partial charge in [0.25, 0.3) is 0 Å². The topological polar surface area (TPSA) is 153 Å². The molecule has 0 fully saturated rings. The summed E-state index contributed by atoms with van der Waals surface area (Å²) < 4.78 is 5.32. The van der Waals surface area contributed by atoms with Crippen LogP contribution >= 0.6 is 15.9 Å². The zero-order valence-corrected chi connectivity index (χ0v) is 30.7. The molecule has 1 unspecified atom stereocenters. The van der Waals surface area contributed by atoms with Gasteiger partial charge in [0.05, 0.1) is 35.7 Å². The predicted octanol–water partition coefficient (Wildman–Crippen LogP) is 6.51. The number of carboxylic acid groups (broad SMARTS) is 1. The maximum absolute atomic E-state index is 12.4. The van der Waals surface area contributed by atoms with Crippen LogP contribution < -0.4 is 5.32 Å². The molecule has 0 bridgehead atoms. The van der Waals surface area contributed by atoms with E-state index >= 15 is 0 Å². The highest BCUT2D eigenvalue weighted by molar-refractivity contribution is 9.10. The Kier molecular flexibility index (Phi) is 26.4. The number of carboxylic acids is 1. The number of halogens is 1. The molecule has 0 aliphatic heterocycles. The van der Waals surface area contributed by atoms with E-state index in [-0.39, 0.29) is 29.6 Å². The number of amides is 1. The zero-order valence-electron chi connectivity index (χ0n) is 29.1. The number of methoxy groups -OCH3 is 1. The molecular weight excluding hydrogens is 654 g/mol. The van der Waals surface area contributed by atoms with Crippen LogP contribution in [0.25, 0.3) is 0 Å². The number of rotatable bonds is 29. The van der Waals surface area contributed by atoms with Crippen molar-refractivity contribution in [2.45, 2.75) is 147 Å². The van der Waals surface area contributed by atoms with Gasteiger partial charge in [0.1, 0.15) is 5.78 Å². The molecule has 7 atom stereocenters. The monoisotopic (exact) mass is 717 g/mol. The maximum atomic E-state index is 12.4. The van der Waals surface area contributed by atoms with Crippen LogP contribution in [0.1, 0.15) is 124 Å². The smallest absolute Gasteiger partial charge is 0.306 e. The number of aliphatic hydroxyl groups is 3. The van der Waals surface area contributed by atoms with Crippen LogP contribution in [-0.4, -0.2) is 81.5 Å². The Bertz CT molecular complexity index is 895. The summed E-state index contributed by atoms with van der Waals surface area (Å²) in [6, 6.07) is 0. The fourth-order valence-corrected chi connectivity index (χ4v) is 5.87. The molecule has 268 valence electrons. The minimum atomic E-state index is -1.12. The highest BCUT2D eigenvalue weighted by atomic mass is 79.9. The summed E-state index contributed by atoms with van der Waals surface area (Å²) in [6.45, 7) is 8.42. The first-order valence-corrected chi connectivity index (χ1v) is 18.3. The average molecular weight is 719 g/mol. The third-order valence-electron chi connectivity index (χ3n) is 8.51. The van der Waals surface area contributed by atoms with Gasteiger partial charge in [-0.2, -0.15) is 0 Å². The second-order valence-electron chi connectivity index (χ2n) is 13.0. The van der Waals surface area contributed by atoms with Gasteiger partial charge in [-0.1, -0.05) is 87.5 Å². The van der Waals surface area contributed by atoms with Gasteiger partial charge in [0.2, 0.25) is 5.91 Å². The standard InChI is InChI=1S/C36H64BrNO8/c1-6-8-19-32(37)35(43)38-24-31(40)23-34(42)33(41)21-20-29(25-46-5)16-11-14-28(7-2)15-12-18-30(39)17-10-9-13-26(3)22-27(4)36(44)45/h11,14,16,26-28,31-34,40-42H,6-10,12-13,15,17-25H2,1-5H3,(H,38,43)(H,44,45)/b14-11+,29-16-/t26-,27+,28+,31+,32?,33-,34+/m1/s1. The molecule has 0 radical (unpaired) electrons. The van der Waals surface area contributed by atoms with Crippen molar-refractivity contribution in [3.8, 4) is 0 Å². The quantitative estimate of drug-likeness (QED) is 0.0334. The van der Waals surface area contributed by atoms with Crippen LogP contribution in [0.4, 0.5) is 0 Å². The van der Waals surface area contributed by atoms with Crippen molar-refractivity contribution in [1.29, 1.82) is 0 Å². The second-order valence-corrected chi connectivity index (χ2v) is 14.1. The lowest BCUT2D eigenvalue weighted by atomic mass is 9.92. The van der Waals surface area contributed by atoms with Gasteiger partial charge in [-0.3, -0.25) is 14.4 Å². The normalized spacial score (nSPS) is 16.8. The predicted molar refractivity (Wildman–Crippen MR) is 188 cm³/mol. The molecule has 0 aliphatic carbocycles. The Balaban J connectivity index is 4.50. The first-order valence-electron chi connectivity index (χ1n) is 17.4. The van der Waals surface area contributed by atoms with Crippen LogP contribution in [-0.2, 0) is 19.1 Å². The van der Waals surface area contributed by atoms with E-state index in [2.05, 4.69) is 48.1 Å². The zero-order chi connectivity index (χ0) is 34.9. The first kappa shape index (κ1) is 44.4. The summed E-state index contributed by atoms with van der Waals surface area (Å²) in [7, 11) is 1.61. The molecule has 9 nitrogen and oxygen atoms in total. The van der Waals surface area contributed by atoms with Crippen LogP contribution in [0.5, 0.6) is 0 Å². The van der Waals surface area contributed by atoms with E-state index in [4.69, 9.17) is 9.84 Å². The van der Waals surface area contributed by atoms with E-state index in [1.54, 1.807) is 14.0 Å². The lowest BCUT2D eigenvalue weighted by molar-refractivity contribution is -0.141. The van der Waals surface area contributed by atoms with Crippen molar-refractivity contribution < 1.29 is 39.5 Å². The molecule has 0 spiro atoms. The van der Waals surface area contributed by atoms with Crippen molar-refractivity contribution in [2.75, 3.05) is 20.3 Å². The van der Waals surface area contributed by atoms with Crippen molar-refractivity contribution in [3.05, 3.63) is 23.8 Å². The summed E-state index contributed by atoms with van der Waals surface area (Å²) in [5.41, 5.74) is 0.977. The number of allylic oxidation sites excluding steroid dienone is 3. The number of carbonyl (C=O) groups excluding carboxylic acids is 2. The number of ether oxygens (including phenoxy) is 1. The Labute approximate surface area is 286 Å². The number of Topliss-reactive ketones (excluding diaryl/α,β-unsaturated/α-hetero) is 1. The van der Waals surface area contributed by atoms with Crippen LogP contribution in [0.15, 0.2) is 23.8 Å². The largest absolute Gasteiger partial charge is 0.481 e. The Morgan fingerprint density at radius 3 is 2.20 bits per heavy atom. The number of hydrogen-bond donors (Lipinski definition) is 5. The Hall–Kier alpha value is -1.59. The number of hydrogen-bond acceptors (Lipinski definition) is 7. The molecule has 1 amide bonds. The minimum absolute atomic E-state index is 0.0135. The van der Waals surface area contributed by atoms with Gasteiger partial charge in [-0.25, -0.2) is 0 Å². The number of carbonyl (C=O) groups is 3. The molecule has 0 heterocycles. The van der Waals surface area contributed by atoms with E-state index in [0.717, 1.165) is 56.9 Å². The highest BCUT2D eigenvalue weighted by Gasteiger charge is 2.22. The molecule has 0 rings (SSSR count). The number of alkyl halides is 1. The molecule has 5 N–H and O–H groups in total. The lowest BCUT2D eigenvalue weighted by Gasteiger charge is -2.21. The SMILES string of the molecule is CCCCC(Br)C(=O)NC[C@@H](O)C[C@H](O)[C@H](O)CC/C(=C/C=C/[C@H](CC)CCCC(=O)CCCC[C@@H](C)C[C@H](C)C(=O)O)COC. The van der Waals surface area contributed by atoms with Gasteiger partial charge in [0.15, 0.2) is 0 Å². The third kappa shape index (κ3) is 22.9. The average Bonchev–Trinajstić information content (AvgIpc) is 3.01. The minimum Gasteiger partial charge on any atom is -0.481 e. The van der Waals surface area contributed by atoms with Crippen LogP contribution in [0, 0.1) is 17.8 Å². The summed E-state index contributed by atoms with van der Waals surface area (Å²) >= 11 is 3.35. The van der Waals surface area contributed by atoms with Crippen LogP contribution in [0.2, 0.25) is 0 Å². The molecule has 0 aliphatic rings. The summed E-state index contributed by atoms with van der Waals surface area (Å²) in [5, 5.41) is 42.9. The molecule has 0 saturated heterocycles. The molecule has 10 heteroatoms. The van der Waals surface area contributed by atoms with Crippen molar-refractivity contribution in [2.24, 2.45) is 17.8 Å². The molecule has 0 aromatic rings. The summed E-state index contributed by atoms with van der Waals surface area (Å²) in [6.07, 6.45) is 13.8. The highest BCUT2D eigenvalue weighted by Crippen LogP contribution is 2.20. The number of unbranched alkanes of at least 4 members (excludes halogenated alkanes) is 2. The van der Waals surface area contributed by atoms with Crippen molar-refractivity contribution in [1.82, 2.24) is 5.32 Å². The fraction of sp³-hybridized carbons (Fsp3) is 0.806. The van der Waals surface area contributed by atoms with E-state index < -0.39 is 24.3 Å².